The summed E-state index contributed by atoms with van der Waals surface area (Å²) in [7, 11) is 1.69. The Hall–Kier alpha value is -2.09. The fraction of sp³-hybridized carbons (Fsp3) is 0.133. The summed E-state index contributed by atoms with van der Waals surface area (Å²) in [5.41, 5.74) is 8.99. The Morgan fingerprint density at radius 3 is 2.29 bits per heavy atom. The number of amidine groups is 1. The molecule has 0 aliphatic rings. The number of benzene rings is 1. The van der Waals surface area contributed by atoms with Crippen molar-refractivity contribution in [2.45, 2.75) is 6.92 Å². The van der Waals surface area contributed by atoms with Gasteiger partial charge in [0.05, 0.1) is 0 Å². The number of nitrogens with two attached hydrogens (primary N) is 1. The van der Waals surface area contributed by atoms with E-state index in [9.17, 15) is 0 Å². The zero-order valence-electron chi connectivity index (χ0n) is 10.4. The van der Waals surface area contributed by atoms with E-state index in [-0.39, 0.29) is 0 Å². The third kappa shape index (κ3) is 3.45. The molecule has 1 rings (SSSR count). The van der Waals surface area contributed by atoms with E-state index in [1.165, 1.54) is 0 Å². The molecule has 2 nitrogen and oxygen atoms in total. The number of aliphatic imine (C=N–C) groups is 1. The van der Waals surface area contributed by atoms with Gasteiger partial charge in [-0.2, -0.15) is 0 Å². The van der Waals surface area contributed by atoms with Gasteiger partial charge < -0.3 is 5.73 Å². The van der Waals surface area contributed by atoms with Crippen molar-refractivity contribution in [1.82, 2.24) is 0 Å². The number of hydrogen-bond donors (Lipinski definition) is 1. The van der Waals surface area contributed by atoms with Crippen LogP contribution in [0.15, 0.2) is 60.1 Å². The molecule has 17 heavy (non-hydrogen) atoms. The summed E-state index contributed by atoms with van der Waals surface area (Å²) in [6.07, 6.45) is 7.77. The van der Waals surface area contributed by atoms with Gasteiger partial charge in [0, 0.05) is 12.6 Å². The Morgan fingerprint density at radius 1 is 1.24 bits per heavy atom. The van der Waals surface area contributed by atoms with Crippen molar-refractivity contribution < 1.29 is 0 Å². The van der Waals surface area contributed by atoms with Crippen LogP contribution in [0.5, 0.6) is 0 Å². The molecule has 0 saturated carbocycles. The highest BCUT2D eigenvalue weighted by Gasteiger charge is 1.99. The molecule has 0 spiro atoms. The van der Waals surface area contributed by atoms with Crippen molar-refractivity contribution >= 4 is 11.4 Å². The van der Waals surface area contributed by atoms with Crippen LogP contribution in [0.3, 0.4) is 0 Å². The quantitative estimate of drug-likeness (QED) is 0.478. The summed E-state index contributed by atoms with van der Waals surface area (Å²) in [6.45, 7) is 5.68. The zero-order chi connectivity index (χ0) is 12.7. The van der Waals surface area contributed by atoms with E-state index in [1.54, 1.807) is 13.1 Å². The van der Waals surface area contributed by atoms with Crippen LogP contribution in [0.2, 0.25) is 0 Å². The molecule has 0 amide bonds. The molecule has 0 saturated heterocycles. The van der Waals surface area contributed by atoms with E-state index in [1.807, 2.05) is 43.3 Å². The van der Waals surface area contributed by atoms with Gasteiger partial charge in [0.25, 0.3) is 0 Å². The van der Waals surface area contributed by atoms with E-state index in [2.05, 4.69) is 17.6 Å². The van der Waals surface area contributed by atoms with Crippen LogP contribution in [-0.4, -0.2) is 12.9 Å². The first kappa shape index (κ1) is 13.0. The van der Waals surface area contributed by atoms with Crippen LogP contribution in [0.25, 0.3) is 5.57 Å². The predicted molar refractivity (Wildman–Crippen MR) is 76.1 cm³/mol. The maximum Gasteiger partial charge on any atom is 0.125 e. The van der Waals surface area contributed by atoms with Gasteiger partial charge in [-0.15, -0.1) is 0 Å². The lowest BCUT2D eigenvalue weighted by Gasteiger charge is -2.04. The van der Waals surface area contributed by atoms with Gasteiger partial charge >= 0.3 is 0 Å². The summed E-state index contributed by atoms with van der Waals surface area (Å²) in [5.74, 6) is 0.556. The van der Waals surface area contributed by atoms with E-state index < -0.39 is 0 Å². The lowest BCUT2D eigenvalue weighted by Crippen LogP contribution is -2.12. The topological polar surface area (TPSA) is 38.4 Å². The molecule has 0 unspecified atom stereocenters. The molecule has 88 valence electrons. The summed E-state index contributed by atoms with van der Waals surface area (Å²) in [6, 6.07) is 8.03. The highest BCUT2D eigenvalue weighted by Crippen LogP contribution is 2.16. The van der Waals surface area contributed by atoms with Crippen molar-refractivity contribution in [2.24, 2.45) is 10.7 Å². The van der Waals surface area contributed by atoms with Crippen LogP contribution in [0.1, 0.15) is 18.1 Å². The zero-order valence-corrected chi connectivity index (χ0v) is 10.4. The molecule has 0 aliphatic heterocycles. The first-order valence-corrected chi connectivity index (χ1v) is 5.51. The second-order valence-corrected chi connectivity index (χ2v) is 3.53. The minimum absolute atomic E-state index is 0.556. The van der Waals surface area contributed by atoms with E-state index in [0.29, 0.717) is 5.84 Å². The Balaban J connectivity index is 3.01. The average molecular weight is 226 g/mol. The van der Waals surface area contributed by atoms with Crippen molar-refractivity contribution in [3.05, 3.63) is 66.3 Å². The Morgan fingerprint density at radius 2 is 1.82 bits per heavy atom. The molecule has 0 fully saturated rings. The molecular formula is C15H18N2. The summed E-state index contributed by atoms with van der Waals surface area (Å²) < 4.78 is 0. The first-order valence-electron chi connectivity index (χ1n) is 5.51. The van der Waals surface area contributed by atoms with Gasteiger partial charge in [-0.3, -0.25) is 4.99 Å². The molecule has 1 aromatic carbocycles. The molecular weight excluding hydrogens is 208 g/mol. The van der Waals surface area contributed by atoms with Gasteiger partial charge in [0.1, 0.15) is 5.84 Å². The molecule has 0 aliphatic carbocycles. The highest BCUT2D eigenvalue weighted by molar-refractivity contribution is 5.97. The van der Waals surface area contributed by atoms with Gasteiger partial charge in [-0.1, -0.05) is 55.1 Å². The number of rotatable bonds is 4. The minimum atomic E-state index is 0.556. The largest absolute Gasteiger partial charge is 0.384 e. The molecule has 0 atom stereocenters. The average Bonchev–Trinajstić information content (AvgIpc) is 2.39. The summed E-state index contributed by atoms with van der Waals surface area (Å²) in [4.78, 5) is 3.96. The minimum Gasteiger partial charge on any atom is -0.384 e. The smallest absolute Gasteiger partial charge is 0.125 e. The molecule has 2 heteroatoms. The lowest BCUT2D eigenvalue weighted by molar-refractivity contribution is 1.39. The third-order valence-electron chi connectivity index (χ3n) is 2.48. The fourth-order valence-corrected chi connectivity index (χ4v) is 1.49. The van der Waals surface area contributed by atoms with Gasteiger partial charge in [0.2, 0.25) is 0 Å². The van der Waals surface area contributed by atoms with E-state index in [4.69, 9.17) is 5.73 Å². The van der Waals surface area contributed by atoms with Gasteiger partial charge in [0.15, 0.2) is 0 Å². The summed E-state index contributed by atoms with van der Waals surface area (Å²) in [5, 5.41) is 0. The highest BCUT2D eigenvalue weighted by atomic mass is 14.8. The monoisotopic (exact) mass is 226 g/mol. The normalized spacial score (nSPS) is 13.1. The number of hydrogen-bond acceptors (Lipinski definition) is 1. The van der Waals surface area contributed by atoms with Crippen molar-refractivity contribution in [2.75, 3.05) is 7.05 Å². The van der Waals surface area contributed by atoms with Crippen LogP contribution >= 0.6 is 0 Å². The van der Waals surface area contributed by atoms with Gasteiger partial charge in [-0.25, -0.2) is 0 Å². The van der Waals surface area contributed by atoms with Crippen molar-refractivity contribution in [1.29, 1.82) is 0 Å². The van der Waals surface area contributed by atoms with E-state index in [0.717, 1.165) is 16.7 Å². The number of nitrogens with zero attached hydrogens (tertiary/aromatic N) is 1. The van der Waals surface area contributed by atoms with E-state index >= 15 is 0 Å². The maximum absolute atomic E-state index is 5.74. The fourth-order valence-electron chi connectivity index (χ4n) is 1.49. The van der Waals surface area contributed by atoms with Crippen LogP contribution in [0.4, 0.5) is 0 Å². The van der Waals surface area contributed by atoms with Gasteiger partial charge in [-0.05, 0) is 18.1 Å². The first-order chi connectivity index (χ1) is 8.22. The summed E-state index contributed by atoms with van der Waals surface area (Å²) >= 11 is 0. The number of allylic oxidation sites excluding steroid dienone is 5. The SMILES string of the molecule is C=C/C=C\C(=C/C)c1ccc(C(N)=NC)cc1. The van der Waals surface area contributed by atoms with Crippen molar-refractivity contribution in [3.63, 3.8) is 0 Å². The maximum atomic E-state index is 5.74. The second-order valence-electron chi connectivity index (χ2n) is 3.53. The Bertz CT molecular complexity index is 462. The third-order valence-corrected chi connectivity index (χ3v) is 2.48. The van der Waals surface area contributed by atoms with Crippen LogP contribution in [-0.2, 0) is 0 Å². The van der Waals surface area contributed by atoms with Crippen LogP contribution < -0.4 is 5.73 Å². The molecule has 2 N–H and O–H groups in total. The molecule has 1 aromatic rings. The Kier molecular flexibility index (Phi) is 4.95. The Labute approximate surface area is 103 Å². The molecule has 0 bridgehead atoms. The van der Waals surface area contributed by atoms with Crippen molar-refractivity contribution in [3.8, 4) is 0 Å². The predicted octanol–water partition coefficient (Wildman–Crippen LogP) is 3.17. The lowest BCUT2D eigenvalue weighted by atomic mass is 10.0. The standard InChI is InChI=1S/C15H18N2/c1-4-6-7-12(5-2)13-8-10-14(11-9-13)15(16)17-3/h4-11H,1H2,2-3H3,(H2,16,17)/b7-6-,12-5+. The van der Waals surface area contributed by atoms with Crippen LogP contribution in [0, 0.1) is 0 Å². The second kappa shape index (κ2) is 6.48. The molecule has 0 aromatic heterocycles. The molecule has 0 radical (unpaired) electrons. The molecule has 0 heterocycles.